The van der Waals surface area contributed by atoms with E-state index in [9.17, 15) is 0 Å². The smallest absolute Gasteiger partial charge is 0.231 e. The van der Waals surface area contributed by atoms with Crippen molar-refractivity contribution >= 4 is 0 Å². The maximum atomic E-state index is 5.34. The largest absolute Gasteiger partial charge is 0.501 e. The second-order valence-electron chi connectivity index (χ2n) is 3.29. The molecule has 1 aromatic carbocycles. The van der Waals surface area contributed by atoms with Gasteiger partial charge in [-0.1, -0.05) is 6.07 Å². The minimum atomic E-state index is -0.0167. The van der Waals surface area contributed by atoms with E-state index in [1.54, 1.807) is 7.11 Å². The molecule has 84 valence electrons. The average Bonchev–Trinajstić information content (AvgIpc) is 2.72. The summed E-state index contributed by atoms with van der Waals surface area (Å²) in [4.78, 5) is 0. The molecule has 0 saturated heterocycles. The monoisotopic (exact) mass is 443 g/mol. The normalized spacial score (nSPS) is 14.1. The first kappa shape index (κ1) is 13.6. The van der Waals surface area contributed by atoms with Gasteiger partial charge in [0.2, 0.25) is 6.79 Å². The van der Waals surface area contributed by atoms with Crippen molar-refractivity contribution in [2.24, 2.45) is 0 Å². The molecule has 0 spiro atoms. The molecule has 0 fully saturated rings. The van der Waals surface area contributed by atoms with Crippen molar-refractivity contribution in [3.8, 4) is 11.5 Å². The van der Waals surface area contributed by atoms with Crippen molar-refractivity contribution in [1.29, 1.82) is 0 Å². The SMILES string of the molecule is C=[C-]CC(OC)c1ccc2c(c1)OCO2.[U]. The van der Waals surface area contributed by atoms with E-state index in [-0.39, 0.29) is 37.2 Å². The van der Waals surface area contributed by atoms with Crippen LogP contribution in [-0.2, 0) is 4.74 Å². The molecule has 0 radical (unpaired) electrons. The molecule has 2 rings (SSSR count). The molecular weight excluding hydrogens is 430 g/mol. The van der Waals surface area contributed by atoms with Crippen LogP contribution < -0.4 is 9.47 Å². The standard InChI is InChI=1S/C12H13O3.U/c1-3-4-10(13-2)9-5-6-11-12(7-9)15-8-14-11;/h5-7,10H,1,4,8H2,2H3;/q-1;. The Hall–Kier alpha value is -0.428. The molecule has 0 aromatic heterocycles. The molecule has 3 nitrogen and oxygen atoms in total. The Bertz CT molecular complexity index is 365. The van der Waals surface area contributed by atoms with Crippen LogP contribution in [0.15, 0.2) is 24.8 Å². The minimum absolute atomic E-state index is 0. The summed E-state index contributed by atoms with van der Waals surface area (Å²) in [5, 5.41) is 0. The summed E-state index contributed by atoms with van der Waals surface area (Å²) < 4.78 is 15.9. The second-order valence-corrected chi connectivity index (χ2v) is 3.29. The fourth-order valence-corrected chi connectivity index (χ4v) is 1.58. The number of rotatable bonds is 4. The Morgan fingerprint density at radius 3 is 2.88 bits per heavy atom. The number of hydrogen-bond acceptors (Lipinski definition) is 3. The van der Waals surface area contributed by atoms with Crippen LogP contribution in [0.3, 0.4) is 0 Å². The summed E-state index contributed by atoms with van der Waals surface area (Å²) in [6, 6.07) is 5.81. The van der Waals surface area contributed by atoms with Gasteiger partial charge in [-0.15, -0.1) is 0 Å². The third kappa shape index (κ3) is 2.82. The van der Waals surface area contributed by atoms with E-state index in [1.165, 1.54) is 0 Å². The summed E-state index contributed by atoms with van der Waals surface area (Å²) >= 11 is 0. The van der Waals surface area contributed by atoms with Gasteiger partial charge >= 0.3 is 0 Å². The summed E-state index contributed by atoms with van der Waals surface area (Å²) in [6.45, 7) is 3.88. The molecule has 4 heteroatoms. The van der Waals surface area contributed by atoms with E-state index < -0.39 is 0 Å². The fourth-order valence-electron chi connectivity index (χ4n) is 1.58. The molecule has 0 amide bonds. The van der Waals surface area contributed by atoms with Gasteiger partial charge < -0.3 is 20.3 Å². The number of methoxy groups -OCH3 is 1. The Labute approximate surface area is 119 Å². The predicted octanol–water partition coefficient (Wildman–Crippen LogP) is 2.48. The van der Waals surface area contributed by atoms with Crippen molar-refractivity contribution in [2.45, 2.75) is 12.5 Å². The van der Waals surface area contributed by atoms with Crippen molar-refractivity contribution < 1.29 is 45.3 Å². The first-order valence-corrected chi connectivity index (χ1v) is 4.77. The zero-order chi connectivity index (χ0) is 10.7. The Balaban J connectivity index is 0.00000128. The van der Waals surface area contributed by atoms with Crippen LogP contribution in [0.1, 0.15) is 18.1 Å². The number of benzene rings is 1. The van der Waals surface area contributed by atoms with E-state index in [2.05, 4.69) is 12.7 Å². The van der Waals surface area contributed by atoms with Crippen LogP contribution in [0.25, 0.3) is 0 Å². The quantitative estimate of drug-likeness (QED) is 0.670. The van der Waals surface area contributed by atoms with Crippen LogP contribution in [0, 0.1) is 37.2 Å². The van der Waals surface area contributed by atoms with E-state index in [0.29, 0.717) is 13.2 Å². The maximum absolute atomic E-state index is 5.34. The van der Waals surface area contributed by atoms with Gasteiger partial charge in [0.05, 0.1) is 6.10 Å². The van der Waals surface area contributed by atoms with Gasteiger partial charge in [-0.2, -0.15) is 6.42 Å². The maximum Gasteiger partial charge on any atom is 0.231 e. The molecule has 1 aromatic rings. The molecule has 0 bridgehead atoms. The Morgan fingerprint density at radius 1 is 1.44 bits per heavy atom. The molecule has 1 heterocycles. The third-order valence-electron chi connectivity index (χ3n) is 2.38. The van der Waals surface area contributed by atoms with Crippen molar-refractivity contribution in [2.75, 3.05) is 13.9 Å². The van der Waals surface area contributed by atoms with E-state index >= 15 is 0 Å². The number of fused-ring (bicyclic) bond motifs is 1. The average molecular weight is 443 g/mol. The molecule has 1 atom stereocenters. The van der Waals surface area contributed by atoms with Crippen molar-refractivity contribution in [3.05, 3.63) is 36.4 Å². The number of ether oxygens (including phenoxy) is 3. The first-order valence-electron chi connectivity index (χ1n) is 4.77. The second kappa shape index (κ2) is 6.34. The van der Waals surface area contributed by atoms with Gasteiger partial charge in [0.25, 0.3) is 0 Å². The van der Waals surface area contributed by atoms with Gasteiger partial charge in [-0.05, 0) is 17.7 Å². The minimum Gasteiger partial charge on any atom is -0.501 e. The molecule has 1 aliphatic rings. The summed E-state index contributed by atoms with van der Waals surface area (Å²) in [6.07, 6.45) is 3.48. The molecule has 0 saturated carbocycles. The van der Waals surface area contributed by atoms with Gasteiger partial charge in [0.15, 0.2) is 11.5 Å². The van der Waals surface area contributed by atoms with Gasteiger partial charge in [-0.3, -0.25) is 6.58 Å². The zero-order valence-corrected chi connectivity index (χ0v) is 13.3. The molecule has 0 aliphatic carbocycles. The van der Waals surface area contributed by atoms with Gasteiger partial charge in [0.1, 0.15) is 0 Å². The Morgan fingerprint density at radius 2 is 2.19 bits per heavy atom. The predicted molar refractivity (Wildman–Crippen MR) is 55.8 cm³/mol. The van der Waals surface area contributed by atoms with Crippen LogP contribution in [-0.4, -0.2) is 13.9 Å². The topological polar surface area (TPSA) is 27.7 Å². The Kier molecular flexibility index (Phi) is 5.41. The zero-order valence-electron chi connectivity index (χ0n) is 9.16. The van der Waals surface area contributed by atoms with Crippen LogP contribution in [0.5, 0.6) is 11.5 Å². The van der Waals surface area contributed by atoms with Crippen molar-refractivity contribution in [3.63, 3.8) is 0 Å². The molecule has 1 unspecified atom stereocenters. The fraction of sp³-hybridized carbons (Fsp3) is 0.333. The third-order valence-corrected chi connectivity index (χ3v) is 2.38. The van der Waals surface area contributed by atoms with Gasteiger partial charge in [0, 0.05) is 38.2 Å². The van der Waals surface area contributed by atoms with Crippen LogP contribution in [0.2, 0.25) is 0 Å². The summed E-state index contributed by atoms with van der Waals surface area (Å²) in [5.41, 5.74) is 1.05. The molecule has 16 heavy (non-hydrogen) atoms. The van der Waals surface area contributed by atoms with E-state index in [4.69, 9.17) is 14.2 Å². The van der Waals surface area contributed by atoms with Crippen LogP contribution >= 0.6 is 0 Å². The van der Waals surface area contributed by atoms with Gasteiger partial charge in [-0.25, -0.2) is 0 Å². The van der Waals surface area contributed by atoms with Crippen molar-refractivity contribution in [1.82, 2.24) is 0 Å². The molecule has 0 N–H and O–H groups in total. The summed E-state index contributed by atoms with van der Waals surface area (Å²) in [7, 11) is 1.67. The van der Waals surface area contributed by atoms with E-state index in [0.717, 1.165) is 17.1 Å². The van der Waals surface area contributed by atoms with E-state index in [1.807, 2.05) is 18.2 Å². The number of hydrogen-bond donors (Lipinski definition) is 0. The molecular formula is C12H13O3U-. The first-order chi connectivity index (χ1) is 7.35. The molecule has 1 aliphatic heterocycles. The van der Waals surface area contributed by atoms with Crippen LogP contribution in [0.4, 0.5) is 0 Å². The summed E-state index contributed by atoms with van der Waals surface area (Å²) in [5.74, 6) is 1.56.